The third-order valence-electron chi connectivity index (χ3n) is 2.99. The summed E-state index contributed by atoms with van der Waals surface area (Å²) in [6.07, 6.45) is 0. The molecule has 2 heterocycles. The molecule has 3 aromatic rings. The van der Waals surface area contributed by atoms with Gasteiger partial charge in [-0.1, -0.05) is 40.0 Å². The molecule has 0 amide bonds. The van der Waals surface area contributed by atoms with Crippen LogP contribution in [-0.2, 0) is 12.3 Å². The number of hydrogen-bond acceptors (Lipinski definition) is 6. The second-order valence-corrected chi connectivity index (χ2v) is 6.54. The number of aromatic nitrogens is 4. The molecule has 0 N–H and O–H groups in total. The lowest BCUT2D eigenvalue weighted by molar-refractivity contribution is 0.634. The highest BCUT2D eigenvalue weighted by atomic mass is 35.5. The van der Waals surface area contributed by atoms with Gasteiger partial charge in [-0.15, -0.1) is 5.10 Å². The zero-order valence-electron chi connectivity index (χ0n) is 11.1. The SMILES string of the molecule is CCn1c(SCc2nnsc2Cl)nc2ccccc2c1=O. The number of fused-ring (bicyclic) bond motifs is 1. The lowest BCUT2D eigenvalue weighted by Crippen LogP contribution is -2.22. The minimum absolute atomic E-state index is 0.0203. The predicted octanol–water partition coefficient (Wildman–Crippen LogP) is 3.21. The minimum Gasteiger partial charge on any atom is -0.287 e. The molecule has 8 heteroatoms. The Bertz CT molecular complexity index is 846. The summed E-state index contributed by atoms with van der Waals surface area (Å²) in [5.41, 5.74) is 1.40. The number of benzene rings is 1. The van der Waals surface area contributed by atoms with Crippen molar-refractivity contribution in [1.29, 1.82) is 0 Å². The van der Waals surface area contributed by atoms with E-state index >= 15 is 0 Å². The first-order chi connectivity index (χ1) is 10.2. The molecule has 0 atom stereocenters. The number of para-hydroxylation sites is 1. The van der Waals surface area contributed by atoms with Gasteiger partial charge in [0.05, 0.1) is 10.9 Å². The molecule has 0 radical (unpaired) electrons. The van der Waals surface area contributed by atoms with Crippen molar-refractivity contribution in [2.75, 3.05) is 0 Å². The van der Waals surface area contributed by atoms with Crippen LogP contribution in [0.25, 0.3) is 10.9 Å². The van der Waals surface area contributed by atoms with E-state index in [1.54, 1.807) is 10.6 Å². The Morgan fingerprint density at radius 1 is 1.38 bits per heavy atom. The average Bonchev–Trinajstić information content (AvgIpc) is 2.91. The van der Waals surface area contributed by atoms with Crippen LogP contribution in [0, 0.1) is 0 Å². The van der Waals surface area contributed by atoms with Crippen LogP contribution < -0.4 is 5.56 Å². The highest BCUT2D eigenvalue weighted by Crippen LogP contribution is 2.26. The molecule has 0 spiro atoms. The monoisotopic (exact) mass is 338 g/mol. The van der Waals surface area contributed by atoms with E-state index in [2.05, 4.69) is 14.6 Å². The summed E-state index contributed by atoms with van der Waals surface area (Å²) >= 11 is 8.60. The number of hydrogen-bond donors (Lipinski definition) is 0. The summed E-state index contributed by atoms with van der Waals surface area (Å²) in [6.45, 7) is 2.50. The van der Waals surface area contributed by atoms with Gasteiger partial charge in [0, 0.05) is 23.8 Å². The van der Waals surface area contributed by atoms with Gasteiger partial charge in [-0.2, -0.15) is 0 Å². The van der Waals surface area contributed by atoms with E-state index in [0.717, 1.165) is 17.2 Å². The lowest BCUT2D eigenvalue weighted by Gasteiger charge is -2.10. The zero-order valence-corrected chi connectivity index (χ0v) is 13.5. The molecule has 3 rings (SSSR count). The molecule has 0 fully saturated rings. The first-order valence-corrected chi connectivity index (χ1v) is 8.43. The van der Waals surface area contributed by atoms with Crippen molar-refractivity contribution in [3.63, 3.8) is 0 Å². The van der Waals surface area contributed by atoms with Crippen LogP contribution in [0.15, 0.2) is 34.2 Å². The molecular weight excluding hydrogens is 328 g/mol. The molecule has 0 bridgehead atoms. The topological polar surface area (TPSA) is 60.7 Å². The molecule has 2 aromatic heterocycles. The lowest BCUT2D eigenvalue weighted by atomic mass is 10.2. The normalized spacial score (nSPS) is 11.1. The molecule has 0 saturated heterocycles. The number of thioether (sulfide) groups is 1. The molecule has 21 heavy (non-hydrogen) atoms. The smallest absolute Gasteiger partial charge is 0.262 e. The van der Waals surface area contributed by atoms with E-state index in [9.17, 15) is 4.79 Å². The van der Waals surface area contributed by atoms with Crippen molar-refractivity contribution in [2.24, 2.45) is 0 Å². The first kappa shape index (κ1) is 14.5. The van der Waals surface area contributed by atoms with Crippen LogP contribution in [0.4, 0.5) is 0 Å². The van der Waals surface area contributed by atoms with Gasteiger partial charge in [-0.25, -0.2) is 4.98 Å². The molecule has 0 aliphatic rings. The maximum absolute atomic E-state index is 12.5. The number of rotatable bonds is 4. The largest absolute Gasteiger partial charge is 0.287 e. The minimum atomic E-state index is -0.0203. The molecule has 0 aliphatic carbocycles. The fourth-order valence-corrected chi connectivity index (χ4v) is 3.75. The Hall–Kier alpha value is -1.44. The molecule has 0 unspecified atom stereocenters. The van der Waals surface area contributed by atoms with Crippen molar-refractivity contribution >= 4 is 45.8 Å². The predicted molar refractivity (Wildman–Crippen MR) is 86.2 cm³/mol. The standard InChI is InChI=1S/C13H11ClN4OS2/c1-2-18-12(19)8-5-3-4-6-9(8)15-13(18)20-7-10-11(14)21-17-16-10/h3-6H,2,7H2,1H3. The number of nitrogens with zero attached hydrogens (tertiary/aromatic N) is 4. The van der Waals surface area contributed by atoms with Gasteiger partial charge >= 0.3 is 0 Å². The van der Waals surface area contributed by atoms with E-state index in [1.807, 2.05) is 25.1 Å². The zero-order chi connectivity index (χ0) is 14.8. The fourth-order valence-electron chi connectivity index (χ4n) is 1.95. The first-order valence-electron chi connectivity index (χ1n) is 6.29. The molecule has 0 saturated carbocycles. The van der Waals surface area contributed by atoms with Crippen LogP contribution in [0.5, 0.6) is 0 Å². The van der Waals surface area contributed by atoms with E-state index in [0.29, 0.717) is 32.7 Å². The van der Waals surface area contributed by atoms with Crippen LogP contribution in [-0.4, -0.2) is 19.1 Å². The molecule has 5 nitrogen and oxygen atoms in total. The Morgan fingerprint density at radius 3 is 2.90 bits per heavy atom. The van der Waals surface area contributed by atoms with Gasteiger partial charge in [0.2, 0.25) is 0 Å². The van der Waals surface area contributed by atoms with Gasteiger partial charge < -0.3 is 0 Å². The maximum atomic E-state index is 12.5. The van der Waals surface area contributed by atoms with Gasteiger partial charge in [0.25, 0.3) is 5.56 Å². The summed E-state index contributed by atoms with van der Waals surface area (Å²) in [7, 11) is 0. The molecule has 0 aliphatic heterocycles. The van der Waals surface area contributed by atoms with Crippen molar-refractivity contribution in [3.8, 4) is 0 Å². The van der Waals surface area contributed by atoms with Crippen molar-refractivity contribution in [3.05, 3.63) is 44.6 Å². The Kier molecular flexibility index (Phi) is 4.23. The third-order valence-corrected chi connectivity index (χ3v) is 4.96. The van der Waals surface area contributed by atoms with Gasteiger partial charge in [-0.05, 0) is 19.1 Å². The van der Waals surface area contributed by atoms with Gasteiger partial charge in [0.1, 0.15) is 10.0 Å². The van der Waals surface area contributed by atoms with E-state index in [-0.39, 0.29) is 5.56 Å². The Labute approximate surface area is 134 Å². The highest BCUT2D eigenvalue weighted by molar-refractivity contribution is 7.98. The van der Waals surface area contributed by atoms with E-state index in [4.69, 9.17) is 11.6 Å². The second-order valence-electron chi connectivity index (χ2n) is 4.24. The molecular formula is C13H11ClN4OS2. The molecule has 108 valence electrons. The van der Waals surface area contributed by atoms with Crippen molar-refractivity contribution in [1.82, 2.24) is 19.1 Å². The van der Waals surface area contributed by atoms with E-state index < -0.39 is 0 Å². The maximum Gasteiger partial charge on any atom is 0.262 e. The van der Waals surface area contributed by atoms with Gasteiger partial charge in [0.15, 0.2) is 5.16 Å². The summed E-state index contributed by atoms with van der Waals surface area (Å²) in [4.78, 5) is 17.0. The quantitative estimate of drug-likeness (QED) is 0.540. The van der Waals surface area contributed by atoms with Crippen molar-refractivity contribution in [2.45, 2.75) is 24.4 Å². The number of halogens is 1. The van der Waals surface area contributed by atoms with Crippen LogP contribution in [0.3, 0.4) is 0 Å². The Balaban J connectivity index is 2.01. The average molecular weight is 339 g/mol. The fraction of sp³-hybridized carbons (Fsp3) is 0.231. The summed E-state index contributed by atoms with van der Waals surface area (Å²) < 4.78 is 6.05. The summed E-state index contributed by atoms with van der Waals surface area (Å²) in [5, 5.41) is 5.28. The van der Waals surface area contributed by atoms with Crippen molar-refractivity contribution < 1.29 is 0 Å². The van der Waals surface area contributed by atoms with Gasteiger partial charge in [-0.3, -0.25) is 9.36 Å². The summed E-state index contributed by atoms with van der Waals surface area (Å²) in [5.74, 6) is 0.542. The highest BCUT2D eigenvalue weighted by Gasteiger charge is 2.12. The third kappa shape index (κ3) is 2.81. The van der Waals surface area contributed by atoms with E-state index in [1.165, 1.54) is 11.8 Å². The second kappa shape index (κ2) is 6.13. The van der Waals surface area contributed by atoms with Crippen LogP contribution >= 0.6 is 34.9 Å². The van der Waals surface area contributed by atoms with Crippen LogP contribution in [0.1, 0.15) is 12.6 Å². The summed E-state index contributed by atoms with van der Waals surface area (Å²) in [6, 6.07) is 7.37. The molecule has 1 aromatic carbocycles. The van der Waals surface area contributed by atoms with Crippen LogP contribution in [0.2, 0.25) is 4.34 Å². The Morgan fingerprint density at radius 2 is 2.19 bits per heavy atom.